The highest BCUT2D eigenvalue weighted by atomic mass is 16.5. The molecule has 0 amide bonds. The molecule has 0 saturated heterocycles. The molecule has 0 unspecified atom stereocenters. The van der Waals surface area contributed by atoms with Gasteiger partial charge in [0.1, 0.15) is 6.61 Å². The summed E-state index contributed by atoms with van der Waals surface area (Å²) in [5, 5.41) is 0. The topological polar surface area (TPSA) is 26.3 Å². The molecule has 2 aromatic carbocycles. The summed E-state index contributed by atoms with van der Waals surface area (Å²) in [6.07, 6.45) is 0.880. The normalized spacial score (nSPS) is 24.1. The van der Waals surface area contributed by atoms with Crippen LogP contribution in [0.25, 0.3) is 0 Å². The second-order valence-corrected chi connectivity index (χ2v) is 5.63. The first-order valence-corrected chi connectivity index (χ1v) is 6.96. The summed E-state index contributed by atoms with van der Waals surface area (Å²) >= 11 is 0. The quantitative estimate of drug-likeness (QED) is 0.789. The minimum atomic E-state index is -0.0831. The maximum atomic E-state index is 12.1. The second kappa shape index (κ2) is 5.12. The van der Waals surface area contributed by atoms with E-state index in [9.17, 15) is 4.79 Å². The Balaban J connectivity index is 1.60. The third-order valence-corrected chi connectivity index (χ3v) is 4.18. The molecule has 0 aliphatic heterocycles. The third kappa shape index (κ3) is 2.46. The molecule has 0 radical (unpaired) electrons. The molecule has 1 fully saturated rings. The van der Waals surface area contributed by atoms with E-state index in [2.05, 4.69) is 19.1 Å². The zero-order valence-electron chi connectivity index (χ0n) is 11.6. The lowest BCUT2D eigenvalue weighted by atomic mass is 9.96. The van der Waals surface area contributed by atoms with E-state index in [0.717, 1.165) is 12.0 Å². The Bertz CT molecular complexity index is 591. The largest absolute Gasteiger partial charge is 0.461 e. The number of ether oxygens (including phenoxy) is 1. The molecule has 20 heavy (non-hydrogen) atoms. The van der Waals surface area contributed by atoms with Gasteiger partial charge in [0.05, 0.1) is 5.92 Å². The van der Waals surface area contributed by atoms with Crippen molar-refractivity contribution in [2.24, 2.45) is 5.92 Å². The predicted octanol–water partition coefficient (Wildman–Crippen LogP) is 3.71. The van der Waals surface area contributed by atoms with Gasteiger partial charge in [-0.3, -0.25) is 4.79 Å². The van der Waals surface area contributed by atoms with Gasteiger partial charge in [-0.2, -0.15) is 0 Å². The zero-order valence-corrected chi connectivity index (χ0v) is 11.6. The first-order valence-electron chi connectivity index (χ1n) is 6.96. The van der Waals surface area contributed by atoms with Gasteiger partial charge in [-0.1, -0.05) is 67.6 Å². The van der Waals surface area contributed by atoms with E-state index in [1.54, 1.807) is 0 Å². The van der Waals surface area contributed by atoms with E-state index >= 15 is 0 Å². The molecule has 1 saturated carbocycles. The smallest absolute Gasteiger partial charge is 0.310 e. The SMILES string of the molecule is C[C@@]1(c2ccccc2)C[C@@H]1C(=O)OCc1ccccc1. The molecule has 1 aliphatic carbocycles. The fourth-order valence-corrected chi connectivity index (χ4v) is 2.68. The van der Waals surface area contributed by atoms with Crippen LogP contribution in [0.4, 0.5) is 0 Å². The average Bonchev–Trinajstić information content (AvgIpc) is 3.20. The second-order valence-electron chi connectivity index (χ2n) is 5.63. The molecule has 0 N–H and O–H groups in total. The number of hydrogen-bond donors (Lipinski definition) is 0. The van der Waals surface area contributed by atoms with Crippen molar-refractivity contribution in [2.75, 3.05) is 0 Å². The number of benzene rings is 2. The fraction of sp³-hybridized carbons (Fsp3) is 0.278. The van der Waals surface area contributed by atoms with Crippen LogP contribution in [0.2, 0.25) is 0 Å². The van der Waals surface area contributed by atoms with E-state index in [0.29, 0.717) is 6.61 Å². The van der Waals surface area contributed by atoms with Gasteiger partial charge in [0.15, 0.2) is 0 Å². The van der Waals surface area contributed by atoms with Crippen LogP contribution in [0.15, 0.2) is 60.7 Å². The Morgan fingerprint density at radius 3 is 2.35 bits per heavy atom. The maximum absolute atomic E-state index is 12.1. The van der Waals surface area contributed by atoms with Gasteiger partial charge in [-0.05, 0) is 17.5 Å². The van der Waals surface area contributed by atoms with Crippen LogP contribution in [-0.2, 0) is 21.6 Å². The Morgan fingerprint density at radius 1 is 1.10 bits per heavy atom. The van der Waals surface area contributed by atoms with Crippen LogP contribution in [-0.4, -0.2) is 5.97 Å². The van der Waals surface area contributed by atoms with Crippen LogP contribution >= 0.6 is 0 Å². The molecule has 2 nitrogen and oxygen atoms in total. The van der Waals surface area contributed by atoms with Crippen molar-refractivity contribution in [3.63, 3.8) is 0 Å². The van der Waals surface area contributed by atoms with Crippen LogP contribution in [0, 0.1) is 5.92 Å². The lowest BCUT2D eigenvalue weighted by Gasteiger charge is -2.11. The molecule has 0 heterocycles. The standard InChI is InChI=1S/C18H18O2/c1-18(15-10-6-3-7-11-15)12-16(18)17(19)20-13-14-8-4-2-5-9-14/h2-11,16H,12-13H2,1H3/t16-,18+/m1/s1. The third-order valence-electron chi connectivity index (χ3n) is 4.18. The fourth-order valence-electron chi connectivity index (χ4n) is 2.68. The maximum Gasteiger partial charge on any atom is 0.310 e. The minimum absolute atomic E-state index is 0.00591. The van der Waals surface area contributed by atoms with Crippen LogP contribution < -0.4 is 0 Å². The number of esters is 1. The Labute approximate surface area is 119 Å². The molecule has 3 rings (SSSR count). The van der Waals surface area contributed by atoms with Gasteiger partial charge in [0.25, 0.3) is 0 Å². The summed E-state index contributed by atoms with van der Waals surface area (Å²) in [5.74, 6) is -0.0891. The Morgan fingerprint density at radius 2 is 1.70 bits per heavy atom. The summed E-state index contributed by atoms with van der Waals surface area (Å²) in [4.78, 5) is 12.1. The highest BCUT2D eigenvalue weighted by Gasteiger charge is 2.56. The summed E-state index contributed by atoms with van der Waals surface area (Å²) in [6, 6.07) is 20.0. The monoisotopic (exact) mass is 266 g/mol. The van der Waals surface area contributed by atoms with Crippen molar-refractivity contribution in [3.05, 3.63) is 71.8 Å². The molecule has 0 bridgehead atoms. The molecule has 2 aromatic rings. The average molecular weight is 266 g/mol. The molecular formula is C18H18O2. The number of carbonyl (C=O) groups excluding carboxylic acids is 1. The van der Waals surface area contributed by atoms with Crippen LogP contribution in [0.3, 0.4) is 0 Å². The molecule has 102 valence electrons. The van der Waals surface area contributed by atoms with Gasteiger partial charge in [0.2, 0.25) is 0 Å². The predicted molar refractivity (Wildman–Crippen MR) is 78.1 cm³/mol. The van der Waals surface area contributed by atoms with Crippen molar-refractivity contribution >= 4 is 5.97 Å². The number of hydrogen-bond acceptors (Lipinski definition) is 2. The van der Waals surface area contributed by atoms with Gasteiger partial charge < -0.3 is 4.74 Å². The van der Waals surface area contributed by atoms with Crippen molar-refractivity contribution in [1.29, 1.82) is 0 Å². The van der Waals surface area contributed by atoms with Crippen molar-refractivity contribution in [3.8, 4) is 0 Å². The van der Waals surface area contributed by atoms with E-state index in [4.69, 9.17) is 4.74 Å². The summed E-state index contributed by atoms with van der Waals surface area (Å²) in [5.41, 5.74) is 2.21. The van der Waals surface area contributed by atoms with Gasteiger partial charge in [-0.25, -0.2) is 0 Å². The molecule has 1 aliphatic rings. The van der Waals surface area contributed by atoms with Gasteiger partial charge in [0, 0.05) is 5.41 Å². The first-order chi connectivity index (χ1) is 9.70. The minimum Gasteiger partial charge on any atom is -0.461 e. The molecule has 0 spiro atoms. The highest BCUT2D eigenvalue weighted by molar-refractivity contribution is 5.79. The number of rotatable bonds is 4. The lowest BCUT2D eigenvalue weighted by molar-refractivity contribution is -0.147. The molecule has 2 heteroatoms. The van der Waals surface area contributed by atoms with E-state index in [-0.39, 0.29) is 17.3 Å². The molecule has 2 atom stereocenters. The van der Waals surface area contributed by atoms with Crippen LogP contribution in [0.1, 0.15) is 24.5 Å². The Hall–Kier alpha value is -2.09. The van der Waals surface area contributed by atoms with E-state index in [1.165, 1.54) is 5.56 Å². The number of carbonyl (C=O) groups is 1. The van der Waals surface area contributed by atoms with Crippen LogP contribution in [0.5, 0.6) is 0 Å². The van der Waals surface area contributed by atoms with E-state index < -0.39 is 0 Å². The summed E-state index contributed by atoms with van der Waals surface area (Å²) in [7, 11) is 0. The van der Waals surface area contributed by atoms with Gasteiger partial charge in [-0.15, -0.1) is 0 Å². The highest BCUT2D eigenvalue weighted by Crippen LogP contribution is 2.54. The Kier molecular flexibility index (Phi) is 3.31. The zero-order chi connectivity index (χ0) is 14.0. The van der Waals surface area contributed by atoms with Gasteiger partial charge >= 0.3 is 5.97 Å². The molecular weight excluding hydrogens is 248 g/mol. The van der Waals surface area contributed by atoms with E-state index in [1.807, 2.05) is 48.5 Å². The molecule has 0 aromatic heterocycles. The first kappa shape index (κ1) is 12.9. The van der Waals surface area contributed by atoms with Crippen molar-refractivity contribution in [2.45, 2.75) is 25.4 Å². The summed E-state index contributed by atoms with van der Waals surface area (Å²) in [6.45, 7) is 2.50. The lowest BCUT2D eigenvalue weighted by Crippen LogP contribution is -2.14. The summed E-state index contributed by atoms with van der Waals surface area (Å²) < 4.78 is 5.43. The van der Waals surface area contributed by atoms with Crippen molar-refractivity contribution in [1.82, 2.24) is 0 Å². The van der Waals surface area contributed by atoms with Crippen molar-refractivity contribution < 1.29 is 9.53 Å².